The lowest BCUT2D eigenvalue weighted by molar-refractivity contribution is 0.298. The third-order valence-electron chi connectivity index (χ3n) is 6.45. The predicted octanol–water partition coefficient (Wildman–Crippen LogP) is 3.08. The van der Waals surface area contributed by atoms with Gasteiger partial charge in [-0.3, -0.25) is 23.8 Å². The predicted molar refractivity (Wildman–Crippen MR) is 127 cm³/mol. The lowest BCUT2D eigenvalue weighted by atomic mass is 9.95. The molecule has 4 rings (SSSR count). The van der Waals surface area contributed by atoms with Crippen molar-refractivity contribution >= 4 is 11.4 Å². The Morgan fingerprint density at radius 2 is 1.79 bits per heavy atom. The number of aromatic nitrogens is 4. The molecule has 1 aromatic carbocycles. The summed E-state index contributed by atoms with van der Waals surface area (Å²) in [4.78, 5) is 45.5. The number of hydrogen-bond acceptors (Lipinski definition) is 5. The Bertz CT molecular complexity index is 1370. The van der Waals surface area contributed by atoms with E-state index in [1.807, 2.05) is 30.3 Å². The van der Waals surface area contributed by atoms with Crippen LogP contribution in [-0.2, 0) is 7.05 Å². The molecule has 1 aliphatic carbocycles. The number of benzene rings is 1. The zero-order valence-corrected chi connectivity index (χ0v) is 19.2. The Hall–Kier alpha value is -3.62. The first-order chi connectivity index (χ1) is 15.8. The molecule has 3 aromatic rings. The molecule has 174 valence electrons. The minimum Gasteiger partial charge on any atom is -0.494 e. The van der Waals surface area contributed by atoms with E-state index in [0.29, 0.717) is 17.8 Å². The molecule has 1 aliphatic rings. The van der Waals surface area contributed by atoms with Crippen LogP contribution in [0.25, 0.3) is 5.69 Å². The summed E-state index contributed by atoms with van der Waals surface area (Å²) in [5.41, 5.74) is 0.0375. The zero-order valence-electron chi connectivity index (χ0n) is 19.2. The molecule has 0 bridgehead atoms. The summed E-state index contributed by atoms with van der Waals surface area (Å²) in [6, 6.07) is 9.04. The highest BCUT2D eigenvalue weighted by atomic mass is 16.3. The third kappa shape index (κ3) is 3.99. The average molecular weight is 452 g/mol. The first-order valence-corrected chi connectivity index (χ1v) is 11.3. The summed E-state index contributed by atoms with van der Waals surface area (Å²) < 4.78 is 4.49. The lowest BCUT2D eigenvalue weighted by Crippen LogP contribution is -2.36. The van der Waals surface area contributed by atoms with Gasteiger partial charge in [0.2, 0.25) is 5.88 Å². The number of nitrogens with one attached hydrogen (secondary N) is 1. The van der Waals surface area contributed by atoms with E-state index < -0.39 is 11.2 Å². The van der Waals surface area contributed by atoms with E-state index in [1.165, 1.54) is 9.25 Å². The van der Waals surface area contributed by atoms with Crippen LogP contribution in [0.1, 0.15) is 62.7 Å². The van der Waals surface area contributed by atoms with Crippen LogP contribution in [0.15, 0.2) is 49.7 Å². The molecule has 2 aromatic heterocycles. The number of aliphatic imine (C=N–C) groups is 1. The second kappa shape index (κ2) is 9.09. The fourth-order valence-electron chi connectivity index (χ4n) is 4.61. The minimum atomic E-state index is -0.706. The number of rotatable bonds is 5. The lowest BCUT2D eigenvalue weighted by Gasteiger charge is -2.25. The molecular formula is C24H29N5O4. The number of aromatic hydroxyl groups is 1. The standard InChI is InChI=1S/C24H29N5O4/c1-4-18(19-21(30)26-24(33)28(22(19)31)16-11-7-5-8-12-16)25-20-15(2)27(3)29(23(20)32)17-13-9-6-10-14-17/h6,9-10,13-14,16,31H,4-5,7-8,11-12H2,1-3H3,(H,26,30,33). The smallest absolute Gasteiger partial charge is 0.331 e. The van der Waals surface area contributed by atoms with Crippen molar-refractivity contribution in [3.63, 3.8) is 0 Å². The molecule has 0 amide bonds. The van der Waals surface area contributed by atoms with Gasteiger partial charge in [-0.2, -0.15) is 0 Å². The maximum Gasteiger partial charge on any atom is 0.331 e. The molecule has 0 spiro atoms. The zero-order chi connectivity index (χ0) is 23.7. The number of para-hydroxylation sites is 1. The van der Waals surface area contributed by atoms with Crippen molar-refractivity contribution in [1.29, 1.82) is 0 Å². The van der Waals surface area contributed by atoms with Gasteiger partial charge in [0.25, 0.3) is 11.1 Å². The molecule has 33 heavy (non-hydrogen) atoms. The van der Waals surface area contributed by atoms with E-state index in [9.17, 15) is 19.5 Å². The molecule has 1 saturated carbocycles. The largest absolute Gasteiger partial charge is 0.494 e. The van der Waals surface area contributed by atoms with Crippen LogP contribution >= 0.6 is 0 Å². The maximum absolute atomic E-state index is 13.3. The molecule has 1 fully saturated rings. The van der Waals surface area contributed by atoms with Crippen molar-refractivity contribution in [3.8, 4) is 11.6 Å². The van der Waals surface area contributed by atoms with E-state index in [-0.39, 0.29) is 34.4 Å². The molecule has 0 unspecified atom stereocenters. The Labute approximate surface area is 190 Å². The number of aromatic amines is 1. The van der Waals surface area contributed by atoms with Gasteiger partial charge in [0.15, 0.2) is 5.69 Å². The van der Waals surface area contributed by atoms with E-state index in [1.54, 1.807) is 25.6 Å². The van der Waals surface area contributed by atoms with Gasteiger partial charge in [-0.05, 0) is 38.3 Å². The topological polar surface area (TPSA) is 114 Å². The third-order valence-corrected chi connectivity index (χ3v) is 6.45. The summed E-state index contributed by atoms with van der Waals surface area (Å²) in [6.07, 6.45) is 4.82. The summed E-state index contributed by atoms with van der Waals surface area (Å²) in [5.74, 6) is -0.381. The highest BCUT2D eigenvalue weighted by Crippen LogP contribution is 2.30. The fraction of sp³-hybridized carbons (Fsp3) is 0.417. The quantitative estimate of drug-likeness (QED) is 0.580. The first kappa shape index (κ1) is 22.6. The van der Waals surface area contributed by atoms with Gasteiger partial charge in [0.1, 0.15) is 5.56 Å². The molecule has 0 radical (unpaired) electrons. The van der Waals surface area contributed by atoms with Crippen LogP contribution in [0.3, 0.4) is 0 Å². The number of nitrogens with zero attached hydrogens (tertiary/aromatic N) is 4. The number of H-pyrrole nitrogens is 1. The summed E-state index contributed by atoms with van der Waals surface area (Å²) in [6.45, 7) is 3.57. The molecule has 0 saturated heterocycles. The van der Waals surface area contributed by atoms with Crippen molar-refractivity contribution in [2.24, 2.45) is 12.0 Å². The minimum absolute atomic E-state index is 0.0587. The van der Waals surface area contributed by atoms with Crippen LogP contribution in [0, 0.1) is 6.92 Å². The van der Waals surface area contributed by atoms with Crippen molar-refractivity contribution in [2.45, 2.75) is 58.4 Å². The Balaban J connectivity index is 1.89. The van der Waals surface area contributed by atoms with Gasteiger partial charge in [0, 0.05) is 13.1 Å². The fourth-order valence-corrected chi connectivity index (χ4v) is 4.61. The normalized spacial score (nSPS) is 15.2. The highest BCUT2D eigenvalue weighted by molar-refractivity contribution is 6.03. The summed E-state index contributed by atoms with van der Waals surface area (Å²) in [5, 5.41) is 11.0. The molecular weight excluding hydrogens is 422 g/mol. The van der Waals surface area contributed by atoms with Gasteiger partial charge in [-0.15, -0.1) is 0 Å². The monoisotopic (exact) mass is 451 g/mol. The second-order valence-electron chi connectivity index (χ2n) is 8.44. The maximum atomic E-state index is 13.3. The van der Waals surface area contributed by atoms with Crippen molar-refractivity contribution in [2.75, 3.05) is 0 Å². The summed E-state index contributed by atoms with van der Waals surface area (Å²) >= 11 is 0. The Morgan fingerprint density at radius 3 is 2.42 bits per heavy atom. The molecule has 2 N–H and O–H groups in total. The SMILES string of the molecule is CCC(=Nc1c(C)n(C)n(-c2ccccc2)c1=O)c1c(O)n(C2CCCCC2)c(=O)[nH]c1=O. The van der Waals surface area contributed by atoms with E-state index in [0.717, 1.165) is 32.1 Å². The van der Waals surface area contributed by atoms with Crippen molar-refractivity contribution in [1.82, 2.24) is 18.9 Å². The molecule has 0 atom stereocenters. The molecule has 9 heteroatoms. The van der Waals surface area contributed by atoms with E-state index in [2.05, 4.69) is 9.98 Å². The second-order valence-corrected chi connectivity index (χ2v) is 8.44. The molecule has 0 aliphatic heterocycles. The Kier molecular flexibility index (Phi) is 6.22. The van der Waals surface area contributed by atoms with Crippen LogP contribution in [0.5, 0.6) is 5.88 Å². The van der Waals surface area contributed by atoms with Gasteiger partial charge in [-0.1, -0.05) is 44.4 Å². The van der Waals surface area contributed by atoms with Crippen molar-refractivity contribution in [3.05, 3.63) is 72.8 Å². The van der Waals surface area contributed by atoms with Crippen molar-refractivity contribution < 1.29 is 5.11 Å². The van der Waals surface area contributed by atoms with Crippen LogP contribution < -0.4 is 16.8 Å². The average Bonchev–Trinajstić information content (AvgIpc) is 3.02. The highest BCUT2D eigenvalue weighted by Gasteiger charge is 2.25. The number of hydrogen-bond donors (Lipinski definition) is 2. The Morgan fingerprint density at radius 1 is 1.12 bits per heavy atom. The van der Waals surface area contributed by atoms with Crippen LogP contribution in [0.2, 0.25) is 0 Å². The molecule has 9 nitrogen and oxygen atoms in total. The van der Waals surface area contributed by atoms with Gasteiger partial charge in [0.05, 0.1) is 17.1 Å². The van der Waals surface area contributed by atoms with Gasteiger partial charge in [-0.25, -0.2) is 14.5 Å². The summed E-state index contributed by atoms with van der Waals surface area (Å²) in [7, 11) is 1.77. The van der Waals surface area contributed by atoms with Crippen LogP contribution in [-0.4, -0.2) is 29.7 Å². The van der Waals surface area contributed by atoms with Gasteiger partial charge < -0.3 is 5.11 Å². The van der Waals surface area contributed by atoms with E-state index >= 15 is 0 Å². The first-order valence-electron chi connectivity index (χ1n) is 11.3. The van der Waals surface area contributed by atoms with Crippen LogP contribution in [0.4, 0.5) is 5.69 Å². The van der Waals surface area contributed by atoms with E-state index in [4.69, 9.17) is 0 Å². The molecule has 2 heterocycles. The van der Waals surface area contributed by atoms with Gasteiger partial charge >= 0.3 is 5.69 Å².